The van der Waals surface area contributed by atoms with Gasteiger partial charge in [-0.3, -0.25) is 9.69 Å². The Morgan fingerprint density at radius 1 is 1.32 bits per heavy atom. The summed E-state index contributed by atoms with van der Waals surface area (Å²) in [6.45, 7) is 3.70. The van der Waals surface area contributed by atoms with Gasteiger partial charge in [0.05, 0.1) is 12.6 Å². The third kappa shape index (κ3) is 7.47. The van der Waals surface area contributed by atoms with Gasteiger partial charge >= 0.3 is 0 Å². The molecular formula is C13H27N3O3. The van der Waals surface area contributed by atoms with E-state index in [1.165, 1.54) is 0 Å². The third-order valence-corrected chi connectivity index (χ3v) is 3.23. The van der Waals surface area contributed by atoms with Gasteiger partial charge in [-0.05, 0) is 19.3 Å². The molecule has 0 heterocycles. The highest BCUT2D eigenvalue weighted by molar-refractivity contribution is 5.80. The second-order valence-corrected chi connectivity index (χ2v) is 5.04. The van der Waals surface area contributed by atoms with E-state index >= 15 is 0 Å². The molecule has 0 aromatic heterocycles. The molecule has 0 bridgehead atoms. The molecule has 1 saturated carbocycles. The smallest absolute Gasteiger partial charge is 0.235 e. The van der Waals surface area contributed by atoms with Crippen LogP contribution in [-0.4, -0.2) is 70.0 Å². The number of methoxy groups -OCH3 is 2. The maximum Gasteiger partial charge on any atom is 0.235 e. The predicted molar refractivity (Wildman–Crippen MR) is 73.9 cm³/mol. The summed E-state index contributed by atoms with van der Waals surface area (Å²) in [5.41, 5.74) is 5.46. The van der Waals surface area contributed by atoms with E-state index < -0.39 is 0 Å². The Balaban J connectivity index is 2.38. The molecule has 1 aliphatic rings. The summed E-state index contributed by atoms with van der Waals surface area (Å²) < 4.78 is 10.2. The van der Waals surface area contributed by atoms with Gasteiger partial charge < -0.3 is 20.5 Å². The zero-order chi connectivity index (χ0) is 14.1. The zero-order valence-corrected chi connectivity index (χ0v) is 12.1. The predicted octanol–water partition coefficient (Wildman–Crippen LogP) is -0.423. The fourth-order valence-electron chi connectivity index (χ4n) is 1.96. The van der Waals surface area contributed by atoms with Gasteiger partial charge in [0.1, 0.15) is 0 Å². The van der Waals surface area contributed by atoms with E-state index in [0.29, 0.717) is 19.2 Å². The van der Waals surface area contributed by atoms with Crippen molar-refractivity contribution in [3.05, 3.63) is 0 Å². The van der Waals surface area contributed by atoms with Crippen LogP contribution < -0.4 is 11.1 Å². The molecule has 0 saturated heterocycles. The van der Waals surface area contributed by atoms with E-state index in [-0.39, 0.29) is 11.9 Å². The lowest BCUT2D eigenvalue weighted by molar-refractivity contribution is -0.120. The SMILES string of the molecule is COCCCN(CCOC)CC(NC1CC1)C(N)=O. The lowest BCUT2D eigenvalue weighted by atomic mass is 10.2. The number of nitrogens with zero attached hydrogens (tertiary/aromatic N) is 1. The summed E-state index contributed by atoms with van der Waals surface area (Å²) in [4.78, 5) is 13.7. The van der Waals surface area contributed by atoms with Crippen LogP contribution in [0.4, 0.5) is 0 Å². The van der Waals surface area contributed by atoms with Crippen LogP contribution in [0.2, 0.25) is 0 Å². The minimum absolute atomic E-state index is 0.271. The van der Waals surface area contributed by atoms with Gasteiger partial charge in [0, 0.05) is 46.5 Å². The molecule has 1 rings (SSSR count). The van der Waals surface area contributed by atoms with Crippen LogP contribution in [0.3, 0.4) is 0 Å². The monoisotopic (exact) mass is 273 g/mol. The van der Waals surface area contributed by atoms with Crippen LogP contribution in [0.1, 0.15) is 19.3 Å². The summed E-state index contributed by atoms with van der Waals surface area (Å²) in [6.07, 6.45) is 3.23. The number of carbonyl (C=O) groups is 1. The highest BCUT2D eigenvalue weighted by Gasteiger charge is 2.28. The Hall–Kier alpha value is -0.690. The normalized spacial score (nSPS) is 16.8. The minimum Gasteiger partial charge on any atom is -0.385 e. The first-order valence-electron chi connectivity index (χ1n) is 6.93. The molecule has 6 nitrogen and oxygen atoms in total. The standard InChI is InChI=1S/C13H27N3O3/c1-18-8-3-6-16(7-9-19-2)10-12(13(14)17)15-11-4-5-11/h11-12,15H,3-10H2,1-2H3,(H2,14,17). The quantitative estimate of drug-likeness (QED) is 0.472. The molecule has 6 heteroatoms. The van der Waals surface area contributed by atoms with Gasteiger partial charge in [-0.25, -0.2) is 0 Å². The number of primary amides is 1. The molecule has 112 valence electrons. The van der Waals surface area contributed by atoms with Crippen LogP contribution in [0.5, 0.6) is 0 Å². The Morgan fingerprint density at radius 3 is 2.53 bits per heavy atom. The van der Waals surface area contributed by atoms with Crippen LogP contribution >= 0.6 is 0 Å². The summed E-state index contributed by atoms with van der Waals surface area (Å²) in [5.74, 6) is -0.277. The fourth-order valence-corrected chi connectivity index (χ4v) is 1.96. The second kappa shape index (κ2) is 9.25. The van der Waals surface area contributed by atoms with Crippen molar-refractivity contribution in [1.82, 2.24) is 10.2 Å². The molecule has 0 aliphatic heterocycles. The first kappa shape index (κ1) is 16.4. The van der Waals surface area contributed by atoms with E-state index in [2.05, 4.69) is 10.2 Å². The lowest BCUT2D eigenvalue weighted by Gasteiger charge is -2.26. The molecule has 1 atom stereocenters. The average Bonchev–Trinajstić information content (AvgIpc) is 3.18. The van der Waals surface area contributed by atoms with Crippen molar-refractivity contribution in [3.8, 4) is 0 Å². The molecule has 3 N–H and O–H groups in total. The van der Waals surface area contributed by atoms with Crippen molar-refractivity contribution in [2.24, 2.45) is 5.73 Å². The van der Waals surface area contributed by atoms with Crippen molar-refractivity contribution in [2.75, 3.05) is 47.1 Å². The Kier molecular flexibility index (Phi) is 7.97. The number of rotatable bonds is 12. The third-order valence-electron chi connectivity index (χ3n) is 3.23. The molecule has 0 radical (unpaired) electrons. The number of hydrogen-bond acceptors (Lipinski definition) is 5. The van der Waals surface area contributed by atoms with E-state index in [9.17, 15) is 4.79 Å². The van der Waals surface area contributed by atoms with E-state index in [4.69, 9.17) is 15.2 Å². The number of ether oxygens (including phenoxy) is 2. The van der Waals surface area contributed by atoms with Crippen molar-refractivity contribution < 1.29 is 14.3 Å². The molecule has 0 spiro atoms. The molecule has 1 fully saturated rings. The number of carbonyl (C=O) groups excluding carboxylic acids is 1. The summed E-state index contributed by atoms with van der Waals surface area (Å²) >= 11 is 0. The van der Waals surface area contributed by atoms with Gasteiger partial charge in [-0.1, -0.05) is 0 Å². The topological polar surface area (TPSA) is 76.8 Å². The first-order chi connectivity index (χ1) is 9.17. The Labute approximate surface area is 115 Å². The molecule has 1 amide bonds. The van der Waals surface area contributed by atoms with Crippen molar-refractivity contribution in [2.45, 2.75) is 31.3 Å². The molecule has 19 heavy (non-hydrogen) atoms. The van der Waals surface area contributed by atoms with E-state index in [0.717, 1.165) is 39.0 Å². The number of hydrogen-bond donors (Lipinski definition) is 2. The lowest BCUT2D eigenvalue weighted by Crippen LogP contribution is -2.50. The number of amides is 1. The van der Waals surface area contributed by atoms with Crippen molar-refractivity contribution in [1.29, 1.82) is 0 Å². The Morgan fingerprint density at radius 2 is 2.00 bits per heavy atom. The van der Waals surface area contributed by atoms with Gasteiger partial charge in [-0.15, -0.1) is 0 Å². The van der Waals surface area contributed by atoms with E-state index in [1.807, 2.05) is 0 Å². The van der Waals surface area contributed by atoms with Crippen LogP contribution in [0, 0.1) is 0 Å². The van der Waals surface area contributed by atoms with Crippen LogP contribution in [0.15, 0.2) is 0 Å². The van der Waals surface area contributed by atoms with Gasteiger partial charge in [0.15, 0.2) is 0 Å². The maximum absolute atomic E-state index is 11.5. The highest BCUT2D eigenvalue weighted by Crippen LogP contribution is 2.19. The largest absolute Gasteiger partial charge is 0.385 e. The molecular weight excluding hydrogens is 246 g/mol. The van der Waals surface area contributed by atoms with E-state index in [1.54, 1.807) is 14.2 Å². The van der Waals surface area contributed by atoms with Crippen molar-refractivity contribution >= 4 is 5.91 Å². The van der Waals surface area contributed by atoms with Gasteiger partial charge in [0.25, 0.3) is 0 Å². The molecule has 0 aromatic rings. The summed E-state index contributed by atoms with van der Waals surface area (Å²) in [6, 6.07) is 0.202. The average molecular weight is 273 g/mol. The summed E-state index contributed by atoms with van der Waals surface area (Å²) in [5, 5.41) is 3.30. The van der Waals surface area contributed by atoms with Crippen LogP contribution in [0.25, 0.3) is 0 Å². The molecule has 0 aromatic carbocycles. The molecule has 1 unspecified atom stereocenters. The summed E-state index contributed by atoms with van der Waals surface area (Å²) in [7, 11) is 3.38. The minimum atomic E-state index is -0.277. The maximum atomic E-state index is 11.5. The fraction of sp³-hybridized carbons (Fsp3) is 0.923. The number of nitrogens with one attached hydrogen (secondary N) is 1. The first-order valence-corrected chi connectivity index (χ1v) is 6.93. The highest BCUT2D eigenvalue weighted by atomic mass is 16.5. The van der Waals surface area contributed by atoms with Crippen molar-refractivity contribution in [3.63, 3.8) is 0 Å². The van der Waals surface area contributed by atoms with Gasteiger partial charge in [0.2, 0.25) is 5.91 Å². The van der Waals surface area contributed by atoms with Gasteiger partial charge in [-0.2, -0.15) is 0 Å². The Bertz CT molecular complexity index is 260. The zero-order valence-electron chi connectivity index (χ0n) is 12.1. The second-order valence-electron chi connectivity index (χ2n) is 5.04. The van der Waals surface area contributed by atoms with Crippen LogP contribution in [-0.2, 0) is 14.3 Å². The molecule has 1 aliphatic carbocycles. The number of nitrogens with two attached hydrogens (primary N) is 1.